The van der Waals surface area contributed by atoms with Crippen LogP contribution in [0.1, 0.15) is 25.0 Å². The molecular weight excluding hydrogens is 386 g/mol. The zero-order valence-electron chi connectivity index (χ0n) is 17.6. The Morgan fingerprint density at radius 2 is 1.80 bits per heavy atom. The maximum atomic E-state index is 12.2. The molecule has 2 rings (SSSR count). The van der Waals surface area contributed by atoms with Crippen LogP contribution in [0.25, 0.3) is 0 Å². The molecule has 8 nitrogen and oxygen atoms in total. The van der Waals surface area contributed by atoms with Crippen molar-refractivity contribution < 1.29 is 23.8 Å². The molecular formula is C22H27N3O5. The minimum absolute atomic E-state index is 0.164. The maximum Gasteiger partial charge on any atom is 0.262 e. The topological polar surface area (TPSA) is 98.2 Å². The Labute approximate surface area is 176 Å². The summed E-state index contributed by atoms with van der Waals surface area (Å²) in [6.45, 7) is 4.01. The van der Waals surface area contributed by atoms with E-state index in [1.165, 1.54) is 6.21 Å². The van der Waals surface area contributed by atoms with Crippen molar-refractivity contribution in [2.24, 2.45) is 5.10 Å². The third-order valence-electron chi connectivity index (χ3n) is 4.17. The van der Waals surface area contributed by atoms with Gasteiger partial charge in [-0.25, -0.2) is 5.43 Å². The summed E-state index contributed by atoms with van der Waals surface area (Å²) in [5.41, 5.74) is 3.97. The first kappa shape index (κ1) is 22.7. The summed E-state index contributed by atoms with van der Waals surface area (Å²) in [6.07, 6.45) is 1.65. The number of nitrogens with one attached hydrogen (secondary N) is 2. The van der Waals surface area contributed by atoms with Crippen LogP contribution in [0, 0.1) is 0 Å². The summed E-state index contributed by atoms with van der Waals surface area (Å²) in [4.78, 5) is 24.3. The molecule has 0 saturated heterocycles. The average Bonchev–Trinajstić information content (AvgIpc) is 2.75. The van der Waals surface area contributed by atoms with Crippen LogP contribution >= 0.6 is 0 Å². The summed E-state index contributed by atoms with van der Waals surface area (Å²) in [7, 11) is 3.13. The molecule has 0 radical (unpaired) electrons. The lowest BCUT2D eigenvalue weighted by molar-refractivity contribution is -0.128. The fraction of sp³-hybridized carbons (Fsp3) is 0.318. The number of hydrogen-bond donors (Lipinski definition) is 2. The Bertz CT molecular complexity index is 881. The molecule has 1 unspecified atom stereocenters. The molecule has 2 N–H and O–H groups in total. The molecule has 8 heteroatoms. The van der Waals surface area contributed by atoms with E-state index < -0.39 is 11.9 Å². The zero-order chi connectivity index (χ0) is 21.9. The van der Waals surface area contributed by atoms with Gasteiger partial charge in [0, 0.05) is 0 Å². The fourth-order valence-corrected chi connectivity index (χ4v) is 2.59. The van der Waals surface area contributed by atoms with Gasteiger partial charge in [-0.05, 0) is 55.3 Å². The number of hydrazone groups is 1. The molecule has 160 valence electrons. The molecule has 0 saturated carbocycles. The van der Waals surface area contributed by atoms with E-state index >= 15 is 0 Å². The van der Waals surface area contributed by atoms with E-state index in [1.54, 1.807) is 63.6 Å². The molecule has 0 aliphatic carbocycles. The van der Waals surface area contributed by atoms with E-state index in [4.69, 9.17) is 14.2 Å². The molecule has 0 bridgehead atoms. The second kappa shape index (κ2) is 11.5. The van der Waals surface area contributed by atoms with Crippen molar-refractivity contribution in [2.45, 2.75) is 26.3 Å². The van der Waals surface area contributed by atoms with Gasteiger partial charge in [0.25, 0.3) is 5.91 Å². The molecule has 1 atom stereocenters. The van der Waals surface area contributed by atoms with E-state index in [9.17, 15) is 9.59 Å². The zero-order valence-corrected chi connectivity index (χ0v) is 17.6. The molecule has 0 aliphatic rings. The van der Waals surface area contributed by atoms with E-state index in [-0.39, 0.29) is 12.3 Å². The number of hydrogen-bond acceptors (Lipinski definition) is 6. The normalized spacial score (nSPS) is 11.6. The molecule has 2 amide bonds. The molecule has 0 aromatic heterocycles. The summed E-state index contributed by atoms with van der Waals surface area (Å²) in [6, 6.07) is 11.8. The number of benzene rings is 2. The Balaban J connectivity index is 1.85. The van der Waals surface area contributed by atoms with Crippen LogP contribution in [0.5, 0.6) is 17.2 Å². The highest BCUT2D eigenvalue weighted by Gasteiger charge is 2.15. The number of nitrogens with zero attached hydrogens (tertiary/aromatic N) is 1. The quantitative estimate of drug-likeness (QED) is 0.460. The molecule has 30 heavy (non-hydrogen) atoms. The summed E-state index contributed by atoms with van der Waals surface area (Å²) < 4.78 is 15.8. The molecule has 0 spiro atoms. The standard InChI is InChI=1S/C22H27N3O5/c1-5-30-19-11-8-17(12-20(19)29-4)14-23-25-22(27)15(2)24-21(26)13-16-6-9-18(28-3)10-7-16/h6-12,14-15H,5,13H2,1-4H3,(H,24,26)(H,25,27). The van der Waals surface area contributed by atoms with Crippen LogP contribution in [-0.4, -0.2) is 44.9 Å². The number of carbonyl (C=O) groups excluding carboxylic acids is 2. The van der Waals surface area contributed by atoms with Gasteiger partial charge in [0.1, 0.15) is 11.8 Å². The van der Waals surface area contributed by atoms with Crippen molar-refractivity contribution in [1.82, 2.24) is 10.7 Å². The molecule has 0 aliphatic heterocycles. The lowest BCUT2D eigenvalue weighted by Gasteiger charge is -2.12. The van der Waals surface area contributed by atoms with Crippen LogP contribution in [0.15, 0.2) is 47.6 Å². The summed E-state index contributed by atoms with van der Waals surface area (Å²) in [5, 5.41) is 6.59. The number of ether oxygens (including phenoxy) is 3. The van der Waals surface area contributed by atoms with Gasteiger partial charge in [0.15, 0.2) is 11.5 Å². The van der Waals surface area contributed by atoms with Gasteiger partial charge >= 0.3 is 0 Å². The highest BCUT2D eigenvalue weighted by Crippen LogP contribution is 2.27. The van der Waals surface area contributed by atoms with Gasteiger partial charge in [-0.15, -0.1) is 0 Å². The van der Waals surface area contributed by atoms with Gasteiger partial charge in [0.05, 0.1) is 33.5 Å². The SMILES string of the molecule is CCOc1ccc(C=NNC(=O)C(C)NC(=O)Cc2ccc(OC)cc2)cc1OC. The Kier molecular flexibility index (Phi) is 8.68. The molecule has 2 aromatic rings. The third-order valence-corrected chi connectivity index (χ3v) is 4.17. The lowest BCUT2D eigenvalue weighted by Crippen LogP contribution is -2.43. The summed E-state index contributed by atoms with van der Waals surface area (Å²) >= 11 is 0. The predicted molar refractivity (Wildman–Crippen MR) is 114 cm³/mol. The monoisotopic (exact) mass is 413 g/mol. The first-order valence-electron chi connectivity index (χ1n) is 9.52. The summed E-state index contributed by atoms with van der Waals surface area (Å²) in [5.74, 6) is 1.24. The molecule has 0 fully saturated rings. The van der Waals surface area contributed by atoms with Gasteiger partial charge in [-0.3, -0.25) is 9.59 Å². The van der Waals surface area contributed by atoms with Crippen molar-refractivity contribution >= 4 is 18.0 Å². The number of methoxy groups -OCH3 is 2. The largest absolute Gasteiger partial charge is 0.497 e. The van der Waals surface area contributed by atoms with Gasteiger partial charge < -0.3 is 19.5 Å². The first-order chi connectivity index (χ1) is 14.5. The van der Waals surface area contributed by atoms with E-state index in [0.717, 1.165) is 16.9 Å². The minimum atomic E-state index is -0.734. The van der Waals surface area contributed by atoms with E-state index in [2.05, 4.69) is 15.8 Å². The number of rotatable bonds is 10. The fourth-order valence-electron chi connectivity index (χ4n) is 2.59. The van der Waals surface area contributed by atoms with Crippen molar-refractivity contribution in [3.8, 4) is 17.2 Å². The Morgan fingerprint density at radius 3 is 2.43 bits per heavy atom. The van der Waals surface area contributed by atoms with E-state index in [1.807, 2.05) is 6.92 Å². The lowest BCUT2D eigenvalue weighted by atomic mass is 10.1. The maximum absolute atomic E-state index is 12.2. The highest BCUT2D eigenvalue weighted by molar-refractivity contribution is 5.89. The molecule has 2 aromatic carbocycles. The second-order valence-corrected chi connectivity index (χ2v) is 6.39. The first-order valence-corrected chi connectivity index (χ1v) is 9.52. The van der Waals surface area contributed by atoms with E-state index in [0.29, 0.717) is 18.1 Å². The third kappa shape index (κ3) is 6.80. The van der Waals surface area contributed by atoms with Gasteiger partial charge in [-0.2, -0.15) is 5.10 Å². The predicted octanol–water partition coefficient (Wildman–Crippen LogP) is 2.30. The van der Waals surface area contributed by atoms with Crippen molar-refractivity contribution in [3.05, 3.63) is 53.6 Å². The van der Waals surface area contributed by atoms with Crippen LogP contribution in [0.3, 0.4) is 0 Å². The van der Waals surface area contributed by atoms with Crippen molar-refractivity contribution in [1.29, 1.82) is 0 Å². The van der Waals surface area contributed by atoms with Crippen LogP contribution in [-0.2, 0) is 16.0 Å². The van der Waals surface area contributed by atoms with Crippen molar-refractivity contribution in [3.63, 3.8) is 0 Å². The molecule has 0 heterocycles. The van der Waals surface area contributed by atoms with Crippen molar-refractivity contribution in [2.75, 3.05) is 20.8 Å². The minimum Gasteiger partial charge on any atom is -0.497 e. The Hall–Kier alpha value is -3.55. The van der Waals surface area contributed by atoms with Gasteiger partial charge in [0.2, 0.25) is 5.91 Å². The van der Waals surface area contributed by atoms with Gasteiger partial charge in [-0.1, -0.05) is 12.1 Å². The number of carbonyl (C=O) groups is 2. The average molecular weight is 413 g/mol. The Morgan fingerprint density at radius 1 is 1.07 bits per heavy atom. The smallest absolute Gasteiger partial charge is 0.262 e. The highest BCUT2D eigenvalue weighted by atomic mass is 16.5. The number of amides is 2. The van der Waals surface area contributed by atoms with Crippen LogP contribution in [0.4, 0.5) is 0 Å². The van der Waals surface area contributed by atoms with Crippen LogP contribution in [0.2, 0.25) is 0 Å². The van der Waals surface area contributed by atoms with Crippen LogP contribution < -0.4 is 25.0 Å². The second-order valence-electron chi connectivity index (χ2n) is 6.39.